The molecular weight excluding hydrogens is 438 g/mol. The summed E-state index contributed by atoms with van der Waals surface area (Å²) in [7, 11) is -4.13. The van der Waals surface area contributed by atoms with Crippen LogP contribution < -0.4 is 10.0 Å². The molecule has 0 fully saturated rings. The number of phenolic OH excluding ortho intramolecular Hbond substituents is 1. The number of rotatable bonds is 3. The zero-order valence-corrected chi connectivity index (χ0v) is 18.2. The average molecular weight is 458 g/mol. The number of nitrogens with zero attached hydrogens (tertiary/aromatic N) is 2. The molecule has 0 saturated carbocycles. The minimum atomic E-state index is -4.13. The third-order valence-corrected chi connectivity index (χ3v) is 7.64. The van der Waals surface area contributed by atoms with Gasteiger partial charge in [-0.3, -0.25) is 4.31 Å². The first-order chi connectivity index (χ1) is 15.9. The summed E-state index contributed by atoms with van der Waals surface area (Å²) in [6.07, 6.45) is 0. The van der Waals surface area contributed by atoms with Crippen molar-refractivity contribution in [2.24, 2.45) is 5.73 Å². The van der Waals surface area contributed by atoms with Gasteiger partial charge in [-0.2, -0.15) is 5.26 Å². The summed E-state index contributed by atoms with van der Waals surface area (Å²) in [5.74, 6) is -0.977. The van der Waals surface area contributed by atoms with E-state index in [2.05, 4.69) is 0 Å². The Morgan fingerprint density at radius 1 is 1.00 bits per heavy atom. The van der Waals surface area contributed by atoms with Crippen LogP contribution in [0.25, 0.3) is 5.76 Å². The second-order valence-electron chi connectivity index (χ2n) is 7.72. The summed E-state index contributed by atoms with van der Waals surface area (Å²) in [6, 6.07) is 24.4. The second kappa shape index (κ2) is 7.73. The maximum Gasteiger partial charge on any atom is 0.265 e. The monoisotopic (exact) mass is 457 g/mol. The Kier molecular flexibility index (Phi) is 4.84. The van der Waals surface area contributed by atoms with Crippen LogP contribution in [0.4, 0.5) is 5.69 Å². The molecule has 1 atom stereocenters. The number of allylic oxidation sites excluding steroid dienone is 2. The summed E-state index contributed by atoms with van der Waals surface area (Å²) in [6.45, 7) is 0.111. The number of sulfonamides is 1. The third-order valence-electron chi connectivity index (χ3n) is 5.75. The highest BCUT2D eigenvalue weighted by molar-refractivity contribution is 7.96. The predicted molar refractivity (Wildman–Crippen MR) is 124 cm³/mol. The van der Waals surface area contributed by atoms with Crippen LogP contribution in [-0.4, -0.2) is 13.5 Å². The first kappa shape index (κ1) is 20.7. The van der Waals surface area contributed by atoms with Crippen LogP contribution in [0.5, 0.6) is 5.75 Å². The van der Waals surface area contributed by atoms with Crippen molar-refractivity contribution < 1.29 is 18.3 Å². The lowest BCUT2D eigenvalue weighted by molar-refractivity contribution is 0.357. The molecule has 2 aliphatic heterocycles. The normalized spacial score (nSPS) is 18.8. The smallest absolute Gasteiger partial charge is 0.265 e. The zero-order valence-electron chi connectivity index (χ0n) is 17.3. The molecule has 2 aliphatic rings. The van der Waals surface area contributed by atoms with Crippen LogP contribution in [0.1, 0.15) is 22.6 Å². The molecule has 0 unspecified atom stereocenters. The van der Waals surface area contributed by atoms with E-state index >= 15 is 0 Å². The van der Waals surface area contributed by atoms with Crippen molar-refractivity contribution in [3.8, 4) is 11.8 Å². The van der Waals surface area contributed by atoms with Gasteiger partial charge in [-0.1, -0.05) is 54.6 Å². The van der Waals surface area contributed by atoms with Crippen LogP contribution in [0.2, 0.25) is 0 Å². The summed E-state index contributed by atoms with van der Waals surface area (Å²) in [4.78, 5) is -0.0476. The summed E-state index contributed by atoms with van der Waals surface area (Å²) >= 11 is 0. The lowest BCUT2D eigenvalue weighted by Crippen LogP contribution is -2.39. The molecule has 0 radical (unpaired) electrons. The fourth-order valence-corrected chi connectivity index (χ4v) is 6.14. The Morgan fingerprint density at radius 2 is 1.67 bits per heavy atom. The van der Waals surface area contributed by atoms with Crippen molar-refractivity contribution in [3.63, 3.8) is 0 Å². The lowest BCUT2D eigenvalue weighted by atomic mass is 9.88. The number of aromatic hydroxyl groups is 1. The number of hydrogen-bond acceptors (Lipinski definition) is 6. The summed E-state index contributed by atoms with van der Waals surface area (Å²) in [5, 5.41) is 19.6. The van der Waals surface area contributed by atoms with E-state index in [1.165, 1.54) is 16.4 Å². The Balaban J connectivity index is 1.77. The van der Waals surface area contributed by atoms with Crippen molar-refractivity contribution in [1.82, 2.24) is 0 Å². The van der Waals surface area contributed by atoms with Gasteiger partial charge in [0.25, 0.3) is 10.0 Å². The topological polar surface area (TPSA) is 117 Å². The van der Waals surface area contributed by atoms with E-state index in [9.17, 15) is 18.8 Å². The minimum absolute atomic E-state index is 0.00190. The maximum atomic E-state index is 14.1. The Morgan fingerprint density at radius 3 is 2.36 bits per heavy atom. The molecule has 0 aliphatic carbocycles. The molecule has 164 valence electrons. The van der Waals surface area contributed by atoms with E-state index in [0.717, 1.165) is 5.56 Å². The van der Waals surface area contributed by atoms with Crippen molar-refractivity contribution >= 4 is 21.5 Å². The molecule has 8 heteroatoms. The molecule has 3 N–H and O–H groups in total. The van der Waals surface area contributed by atoms with Gasteiger partial charge in [0.2, 0.25) is 5.88 Å². The maximum absolute atomic E-state index is 14.1. The number of ether oxygens (including phenoxy) is 1. The van der Waals surface area contributed by atoms with Crippen LogP contribution >= 0.6 is 0 Å². The molecule has 0 aromatic heterocycles. The van der Waals surface area contributed by atoms with Gasteiger partial charge in [0.15, 0.2) is 5.76 Å². The fraction of sp³-hybridized carbons (Fsp3) is 0.0800. The SMILES string of the molecule is N#CC1=C(N)OC2=C([C@@H]1c1ccc(O)cc1)S(=O)(=O)N(Cc1ccccc1)c1ccccc12. The molecule has 0 spiro atoms. The Labute approximate surface area is 191 Å². The highest BCUT2D eigenvalue weighted by Crippen LogP contribution is 2.51. The molecule has 5 rings (SSSR count). The minimum Gasteiger partial charge on any atom is -0.508 e. The van der Waals surface area contributed by atoms with Crippen LogP contribution in [0.15, 0.2) is 95.2 Å². The lowest BCUT2D eigenvalue weighted by Gasteiger charge is -2.38. The highest BCUT2D eigenvalue weighted by atomic mass is 32.2. The van der Waals surface area contributed by atoms with Crippen molar-refractivity contribution in [1.29, 1.82) is 5.26 Å². The number of anilines is 1. The number of phenols is 1. The van der Waals surface area contributed by atoms with E-state index in [1.54, 1.807) is 36.4 Å². The second-order valence-corrected chi connectivity index (χ2v) is 9.55. The van der Waals surface area contributed by atoms with Gasteiger partial charge < -0.3 is 15.6 Å². The largest absolute Gasteiger partial charge is 0.508 e. The van der Waals surface area contributed by atoms with E-state index in [4.69, 9.17) is 10.5 Å². The van der Waals surface area contributed by atoms with Crippen molar-refractivity contribution in [2.75, 3.05) is 4.31 Å². The number of hydrogen-bond donors (Lipinski definition) is 2. The number of para-hydroxylation sites is 1. The third kappa shape index (κ3) is 3.30. The Hall–Kier alpha value is -4.22. The molecule has 7 nitrogen and oxygen atoms in total. The quantitative estimate of drug-likeness (QED) is 0.616. The molecule has 0 amide bonds. The molecule has 0 bridgehead atoms. The van der Waals surface area contributed by atoms with Gasteiger partial charge in [-0.05, 0) is 35.4 Å². The van der Waals surface area contributed by atoms with E-state index in [1.807, 2.05) is 36.4 Å². The van der Waals surface area contributed by atoms with E-state index in [-0.39, 0.29) is 34.4 Å². The van der Waals surface area contributed by atoms with Gasteiger partial charge in [-0.25, -0.2) is 8.42 Å². The van der Waals surface area contributed by atoms with Crippen LogP contribution in [0, 0.1) is 11.3 Å². The van der Waals surface area contributed by atoms with Gasteiger partial charge in [-0.15, -0.1) is 0 Å². The van der Waals surface area contributed by atoms with Gasteiger partial charge >= 0.3 is 0 Å². The molecule has 0 saturated heterocycles. The molecule has 2 heterocycles. The highest BCUT2D eigenvalue weighted by Gasteiger charge is 2.47. The van der Waals surface area contributed by atoms with E-state index < -0.39 is 15.9 Å². The van der Waals surface area contributed by atoms with Gasteiger partial charge in [0.1, 0.15) is 22.3 Å². The van der Waals surface area contributed by atoms with Crippen molar-refractivity contribution in [3.05, 3.63) is 112 Å². The first-order valence-corrected chi connectivity index (χ1v) is 11.6. The zero-order chi connectivity index (χ0) is 23.2. The molecule has 33 heavy (non-hydrogen) atoms. The first-order valence-electron chi connectivity index (χ1n) is 10.2. The molecule has 3 aromatic rings. The average Bonchev–Trinajstić information content (AvgIpc) is 2.82. The number of nitrogens with two attached hydrogens (primary N) is 1. The number of benzene rings is 3. The summed E-state index contributed by atoms with van der Waals surface area (Å²) < 4.78 is 35.3. The predicted octanol–water partition coefficient (Wildman–Crippen LogP) is 3.92. The number of nitriles is 1. The van der Waals surface area contributed by atoms with Gasteiger partial charge in [0.05, 0.1) is 18.2 Å². The van der Waals surface area contributed by atoms with Crippen LogP contribution in [0.3, 0.4) is 0 Å². The van der Waals surface area contributed by atoms with E-state index in [0.29, 0.717) is 16.8 Å². The molecular formula is C25H19N3O4S. The van der Waals surface area contributed by atoms with Gasteiger partial charge in [0, 0.05) is 5.56 Å². The Bertz CT molecular complexity index is 1450. The fourth-order valence-electron chi connectivity index (χ4n) is 4.23. The number of fused-ring (bicyclic) bond motifs is 2. The van der Waals surface area contributed by atoms with Crippen LogP contribution in [-0.2, 0) is 21.3 Å². The standard InChI is InChI=1S/C25H19N3O4S/c26-14-20-22(17-10-12-18(29)13-11-17)24-23(32-25(20)27)19-8-4-5-9-21(19)28(33(24,30)31)15-16-6-2-1-3-7-16/h1-13,22,29H,15,27H2/t22-/m1/s1. The summed E-state index contributed by atoms with van der Waals surface area (Å²) in [5.41, 5.74) is 8.46. The molecule has 3 aromatic carbocycles. The van der Waals surface area contributed by atoms with Crippen molar-refractivity contribution in [2.45, 2.75) is 12.5 Å².